The maximum atomic E-state index is 12.2. The first kappa shape index (κ1) is 15.3. The van der Waals surface area contributed by atoms with Crippen molar-refractivity contribution in [3.8, 4) is 0 Å². The molecule has 2 aromatic rings. The second-order valence-electron chi connectivity index (χ2n) is 4.64. The number of rotatable bonds is 4. The second kappa shape index (κ2) is 6.54. The van der Waals surface area contributed by atoms with Crippen molar-refractivity contribution in [2.24, 2.45) is 4.40 Å². The summed E-state index contributed by atoms with van der Waals surface area (Å²) in [7, 11) is -2.32. The Bertz CT molecular complexity index is 720. The van der Waals surface area contributed by atoms with Crippen LogP contribution in [-0.4, -0.2) is 21.4 Å². The Morgan fingerprint density at radius 1 is 1.05 bits per heavy atom. The lowest BCUT2D eigenvalue weighted by atomic mass is 10.1. The molecule has 0 radical (unpaired) electrons. The quantitative estimate of drug-likeness (QED) is 0.644. The highest BCUT2D eigenvalue weighted by molar-refractivity contribution is 7.90. The van der Waals surface area contributed by atoms with E-state index >= 15 is 0 Å². The molecule has 110 valence electrons. The van der Waals surface area contributed by atoms with Crippen LogP contribution in [0.1, 0.15) is 11.1 Å². The van der Waals surface area contributed by atoms with Crippen LogP contribution in [0.4, 0.5) is 0 Å². The minimum absolute atomic E-state index is 0.163. The first-order chi connectivity index (χ1) is 10.0. The van der Waals surface area contributed by atoms with Gasteiger partial charge in [0.05, 0.1) is 12.0 Å². The van der Waals surface area contributed by atoms with Crippen LogP contribution in [0.15, 0.2) is 63.9 Å². The summed E-state index contributed by atoms with van der Waals surface area (Å²) < 4.78 is 33.4. The number of sulfonamides is 1. The minimum atomic E-state index is -3.75. The van der Waals surface area contributed by atoms with Crippen molar-refractivity contribution in [2.45, 2.75) is 18.2 Å². The zero-order valence-electron chi connectivity index (χ0n) is 12.0. The highest BCUT2D eigenvalue weighted by atomic mass is 32.2. The van der Waals surface area contributed by atoms with Crippen molar-refractivity contribution in [1.82, 2.24) is 0 Å². The van der Waals surface area contributed by atoms with Crippen molar-refractivity contribution in [1.29, 1.82) is 0 Å². The second-order valence-corrected chi connectivity index (χ2v) is 6.24. The van der Waals surface area contributed by atoms with Crippen molar-refractivity contribution in [3.05, 3.63) is 65.7 Å². The Balaban J connectivity index is 2.28. The number of nitrogens with zero attached hydrogens (tertiary/aromatic N) is 1. The van der Waals surface area contributed by atoms with Gasteiger partial charge in [0, 0.05) is 6.42 Å². The molecular formula is C16H17NO3S. The van der Waals surface area contributed by atoms with E-state index in [9.17, 15) is 8.42 Å². The highest BCUT2D eigenvalue weighted by Gasteiger charge is 2.15. The summed E-state index contributed by atoms with van der Waals surface area (Å²) in [6.45, 7) is 1.90. The zero-order chi connectivity index (χ0) is 15.3. The van der Waals surface area contributed by atoms with E-state index in [1.165, 1.54) is 7.11 Å². The SMILES string of the molecule is COC(Cc1ccccc1)=NS(=O)(=O)c1ccc(C)cc1. The summed E-state index contributed by atoms with van der Waals surface area (Å²) >= 11 is 0. The topological polar surface area (TPSA) is 55.7 Å². The van der Waals surface area contributed by atoms with E-state index in [1.54, 1.807) is 24.3 Å². The predicted molar refractivity (Wildman–Crippen MR) is 83.0 cm³/mol. The first-order valence-electron chi connectivity index (χ1n) is 6.50. The average molecular weight is 303 g/mol. The van der Waals surface area contributed by atoms with E-state index in [-0.39, 0.29) is 10.8 Å². The molecular weight excluding hydrogens is 286 g/mol. The predicted octanol–water partition coefficient (Wildman–Crippen LogP) is 2.97. The van der Waals surface area contributed by atoms with E-state index in [0.29, 0.717) is 6.42 Å². The molecule has 0 fully saturated rings. The van der Waals surface area contributed by atoms with Gasteiger partial charge in [-0.2, -0.15) is 8.42 Å². The molecule has 21 heavy (non-hydrogen) atoms. The van der Waals surface area contributed by atoms with Crippen LogP contribution >= 0.6 is 0 Å². The van der Waals surface area contributed by atoms with Gasteiger partial charge in [-0.05, 0) is 24.6 Å². The summed E-state index contributed by atoms with van der Waals surface area (Å²) in [5.74, 6) is 0.168. The molecule has 0 saturated carbocycles. The molecule has 0 amide bonds. The summed E-state index contributed by atoms with van der Waals surface area (Å²) in [5, 5.41) is 0. The fourth-order valence-electron chi connectivity index (χ4n) is 1.81. The number of hydrogen-bond donors (Lipinski definition) is 0. The van der Waals surface area contributed by atoms with Gasteiger partial charge in [-0.15, -0.1) is 4.40 Å². The van der Waals surface area contributed by atoms with Crippen LogP contribution in [0.2, 0.25) is 0 Å². The molecule has 0 saturated heterocycles. The maximum Gasteiger partial charge on any atom is 0.285 e. The van der Waals surface area contributed by atoms with Crippen molar-refractivity contribution in [2.75, 3.05) is 7.11 Å². The van der Waals surface area contributed by atoms with E-state index < -0.39 is 10.0 Å². The molecule has 0 N–H and O–H groups in total. The molecule has 0 bridgehead atoms. The number of methoxy groups -OCH3 is 1. The van der Waals surface area contributed by atoms with Gasteiger partial charge in [-0.1, -0.05) is 48.0 Å². The third-order valence-electron chi connectivity index (χ3n) is 2.97. The molecule has 0 atom stereocenters. The van der Waals surface area contributed by atoms with Crippen molar-refractivity contribution < 1.29 is 13.2 Å². The largest absolute Gasteiger partial charge is 0.483 e. The van der Waals surface area contributed by atoms with Crippen LogP contribution in [0.3, 0.4) is 0 Å². The van der Waals surface area contributed by atoms with Crippen LogP contribution in [0.25, 0.3) is 0 Å². The fraction of sp³-hybridized carbons (Fsp3) is 0.188. The molecule has 0 aliphatic carbocycles. The lowest BCUT2D eigenvalue weighted by Crippen LogP contribution is -2.10. The minimum Gasteiger partial charge on any atom is -0.483 e. The zero-order valence-corrected chi connectivity index (χ0v) is 12.8. The number of ether oxygens (including phenoxy) is 1. The lowest BCUT2D eigenvalue weighted by molar-refractivity contribution is 0.395. The van der Waals surface area contributed by atoms with Crippen molar-refractivity contribution in [3.63, 3.8) is 0 Å². The summed E-state index contributed by atoms with van der Waals surface area (Å²) in [4.78, 5) is 0.163. The molecule has 0 aliphatic rings. The van der Waals surface area contributed by atoms with Gasteiger partial charge in [0.25, 0.3) is 10.0 Å². The van der Waals surface area contributed by atoms with Crippen LogP contribution in [-0.2, 0) is 21.2 Å². The average Bonchev–Trinajstić information content (AvgIpc) is 2.48. The monoisotopic (exact) mass is 303 g/mol. The smallest absolute Gasteiger partial charge is 0.285 e. The summed E-state index contributed by atoms with van der Waals surface area (Å²) in [6, 6.07) is 16.0. The van der Waals surface area contributed by atoms with Gasteiger partial charge in [0.2, 0.25) is 5.90 Å². The van der Waals surface area contributed by atoms with E-state index in [4.69, 9.17) is 4.74 Å². The molecule has 0 heterocycles. The summed E-state index contributed by atoms with van der Waals surface area (Å²) in [6.07, 6.45) is 0.336. The molecule has 0 spiro atoms. The Hall–Kier alpha value is -2.14. The van der Waals surface area contributed by atoms with E-state index in [1.807, 2.05) is 37.3 Å². The van der Waals surface area contributed by atoms with Gasteiger partial charge >= 0.3 is 0 Å². The molecule has 5 heteroatoms. The molecule has 2 aromatic carbocycles. The molecule has 2 rings (SSSR count). The third-order valence-corrected chi connectivity index (χ3v) is 4.29. The molecule has 0 aromatic heterocycles. The molecule has 0 aliphatic heterocycles. The van der Waals surface area contributed by atoms with Gasteiger partial charge in [-0.25, -0.2) is 0 Å². The van der Waals surface area contributed by atoms with Gasteiger partial charge in [0.15, 0.2) is 0 Å². The Labute approximate surface area is 125 Å². The first-order valence-corrected chi connectivity index (χ1v) is 7.94. The standard InChI is InChI=1S/C16H17NO3S/c1-13-8-10-15(11-9-13)21(18,19)17-16(20-2)12-14-6-4-3-5-7-14/h3-11H,12H2,1-2H3. The van der Waals surface area contributed by atoms with Gasteiger partial charge in [0.1, 0.15) is 0 Å². The number of benzene rings is 2. The van der Waals surface area contributed by atoms with Crippen LogP contribution in [0, 0.1) is 6.92 Å². The van der Waals surface area contributed by atoms with Gasteiger partial charge < -0.3 is 4.74 Å². The Morgan fingerprint density at radius 2 is 1.67 bits per heavy atom. The molecule has 4 nitrogen and oxygen atoms in total. The Kier molecular flexibility index (Phi) is 4.75. The van der Waals surface area contributed by atoms with Crippen LogP contribution < -0.4 is 0 Å². The Morgan fingerprint density at radius 3 is 2.24 bits per heavy atom. The number of aryl methyl sites for hydroxylation is 1. The lowest BCUT2D eigenvalue weighted by Gasteiger charge is -2.06. The third kappa shape index (κ3) is 4.16. The van der Waals surface area contributed by atoms with Gasteiger partial charge in [-0.3, -0.25) is 0 Å². The maximum absolute atomic E-state index is 12.2. The normalized spacial score (nSPS) is 12.2. The molecule has 0 unspecified atom stereocenters. The highest BCUT2D eigenvalue weighted by Crippen LogP contribution is 2.14. The number of hydrogen-bond acceptors (Lipinski definition) is 3. The van der Waals surface area contributed by atoms with Crippen LogP contribution in [0.5, 0.6) is 0 Å². The fourth-order valence-corrected chi connectivity index (χ4v) is 2.80. The van der Waals surface area contributed by atoms with E-state index in [2.05, 4.69) is 4.40 Å². The summed E-state index contributed by atoms with van der Waals surface area (Å²) in [5.41, 5.74) is 1.94. The van der Waals surface area contributed by atoms with Crippen molar-refractivity contribution >= 4 is 15.9 Å². The van der Waals surface area contributed by atoms with E-state index in [0.717, 1.165) is 11.1 Å².